The molecule has 134 valence electrons. The van der Waals surface area contributed by atoms with Crippen LogP contribution in [0.25, 0.3) is 0 Å². The van der Waals surface area contributed by atoms with E-state index in [9.17, 15) is 8.78 Å². The minimum absolute atomic E-state index is 0.0227. The molecular weight excluding hydrogens is 326 g/mol. The van der Waals surface area contributed by atoms with Crippen molar-refractivity contribution in [1.82, 2.24) is 4.90 Å². The molecule has 2 aromatic carbocycles. The van der Waals surface area contributed by atoms with Crippen molar-refractivity contribution in [3.8, 4) is 5.75 Å². The Morgan fingerprint density at radius 2 is 1.84 bits per heavy atom. The standard InChI is InChI=1S/C18H22F2N4O/c1-24(2)16(17-14(19)8-5-9-15(17)20)11-22-18(21)23-12-6-4-7-13(10-12)25-3/h4-10,16H,11H2,1-3H3,(H3,21,22,23). The summed E-state index contributed by atoms with van der Waals surface area (Å²) in [6.45, 7) is 0.105. The number of nitrogens with one attached hydrogen (secondary N) is 1. The lowest BCUT2D eigenvalue weighted by Crippen LogP contribution is -2.28. The van der Waals surface area contributed by atoms with Crippen LogP contribution in [0.1, 0.15) is 11.6 Å². The first kappa shape index (κ1) is 18.7. The molecule has 0 spiro atoms. The fourth-order valence-electron chi connectivity index (χ4n) is 2.41. The topological polar surface area (TPSA) is 62.9 Å². The van der Waals surface area contributed by atoms with Gasteiger partial charge in [-0.25, -0.2) is 8.78 Å². The molecule has 2 rings (SSSR count). The fraction of sp³-hybridized carbons (Fsp3) is 0.278. The molecule has 0 radical (unpaired) electrons. The van der Waals surface area contributed by atoms with Gasteiger partial charge in [0, 0.05) is 17.3 Å². The zero-order valence-corrected chi connectivity index (χ0v) is 14.5. The van der Waals surface area contributed by atoms with Gasteiger partial charge in [-0.05, 0) is 38.4 Å². The highest BCUT2D eigenvalue weighted by Gasteiger charge is 2.21. The zero-order valence-electron chi connectivity index (χ0n) is 14.5. The normalized spacial score (nSPS) is 13.0. The number of nitrogens with zero attached hydrogens (tertiary/aromatic N) is 2. The Hall–Kier alpha value is -2.67. The van der Waals surface area contributed by atoms with Gasteiger partial charge in [-0.1, -0.05) is 12.1 Å². The maximum atomic E-state index is 14.0. The summed E-state index contributed by atoms with van der Waals surface area (Å²) in [4.78, 5) is 5.92. The van der Waals surface area contributed by atoms with Crippen LogP contribution in [0.15, 0.2) is 47.5 Å². The van der Waals surface area contributed by atoms with E-state index in [0.29, 0.717) is 11.4 Å². The molecule has 3 N–H and O–H groups in total. The van der Waals surface area contributed by atoms with Gasteiger partial charge in [0.05, 0.1) is 19.7 Å². The van der Waals surface area contributed by atoms with Gasteiger partial charge >= 0.3 is 0 Å². The van der Waals surface area contributed by atoms with Gasteiger partial charge in [0.25, 0.3) is 0 Å². The Bertz CT molecular complexity index is 729. The van der Waals surface area contributed by atoms with Gasteiger partial charge < -0.3 is 20.7 Å². The summed E-state index contributed by atoms with van der Waals surface area (Å²) in [7, 11) is 5.04. The second-order valence-electron chi connectivity index (χ2n) is 5.70. The molecule has 0 saturated heterocycles. The summed E-state index contributed by atoms with van der Waals surface area (Å²) < 4.78 is 33.2. The number of guanidine groups is 1. The Morgan fingerprint density at radius 3 is 2.44 bits per heavy atom. The fourth-order valence-corrected chi connectivity index (χ4v) is 2.41. The summed E-state index contributed by atoms with van der Waals surface area (Å²) in [6, 6.07) is 10.4. The summed E-state index contributed by atoms with van der Waals surface area (Å²) in [5.74, 6) is -0.379. The van der Waals surface area contributed by atoms with Crippen LogP contribution in [0.4, 0.5) is 14.5 Å². The summed E-state index contributed by atoms with van der Waals surface area (Å²) in [6.07, 6.45) is 0. The molecular formula is C18H22F2N4O. The van der Waals surface area contributed by atoms with Crippen LogP contribution < -0.4 is 15.8 Å². The van der Waals surface area contributed by atoms with E-state index in [4.69, 9.17) is 10.5 Å². The SMILES string of the molecule is COc1cccc(NC(N)=NCC(c2c(F)cccc2F)N(C)C)c1. The quantitative estimate of drug-likeness (QED) is 0.622. The molecule has 25 heavy (non-hydrogen) atoms. The zero-order chi connectivity index (χ0) is 18.4. The molecule has 0 amide bonds. The summed E-state index contributed by atoms with van der Waals surface area (Å²) in [5, 5.41) is 2.93. The largest absolute Gasteiger partial charge is 0.497 e. The van der Waals surface area contributed by atoms with Crippen molar-refractivity contribution in [1.29, 1.82) is 0 Å². The Morgan fingerprint density at radius 1 is 1.20 bits per heavy atom. The van der Waals surface area contributed by atoms with Crippen LogP contribution in [0.5, 0.6) is 5.75 Å². The molecule has 1 atom stereocenters. The van der Waals surface area contributed by atoms with E-state index in [0.717, 1.165) is 0 Å². The molecule has 7 heteroatoms. The molecule has 1 unspecified atom stereocenters. The van der Waals surface area contributed by atoms with Crippen LogP contribution >= 0.6 is 0 Å². The number of halogens is 2. The van der Waals surface area contributed by atoms with Crippen molar-refractivity contribution in [2.24, 2.45) is 10.7 Å². The van der Waals surface area contributed by atoms with Crippen molar-refractivity contribution in [2.75, 3.05) is 33.1 Å². The monoisotopic (exact) mass is 348 g/mol. The number of methoxy groups -OCH3 is 1. The lowest BCUT2D eigenvalue weighted by atomic mass is 10.0. The van der Waals surface area contributed by atoms with E-state index in [1.807, 2.05) is 18.2 Å². The van der Waals surface area contributed by atoms with Crippen molar-refractivity contribution < 1.29 is 13.5 Å². The number of ether oxygens (including phenoxy) is 1. The third-order valence-electron chi connectivity index (χ3n) is 3.73. The molecule has 0 aliphatic carbocycles. The van der Waals surface area contributed by atoms with Crippen LogP contribution in [-0.4, -0.2) is 38.6 Å². The first-order chi connectivity index (χ1) is 11.9. The Balaban J connectivity index is 2.15. The number of likely N-dealkylation sites (N-methyl/N-ethyl adjacent to an activating group) is 1. The lowest BCUT2D eigenvalue weighted by molar-refractivity contribution is 0.290. The highest BCUT2D eigenvalue weighted by molar-refractivity contribution is 5.92. The van der Waals surface area contributed by atoms with Gasteiger partial charge in [0.1, 0.15) is 17.4 Å². The maximum Gasteiger partial charge on any atom is 0.193 e. The third kappa shape index (κ3) is 4.90. The summed E-state index contributed by atoms with van der Waals surface area (Å²) in [5.41, 5.74) is 6.58. The van der Waals surface area contributed by atoms with Gasteiger partial charge in [0.2, 0.25) is 0 Å². The molecule has 2 aromatic rings. The predicted octanol–water partition coefficient (Wildman–Crippen LogP) is 3.00. The number of hydrogen-bond acceptors (Lipinski definition) is 3. The second kappa shape index (κ2) is 8.43. The van der Waals surface area contributed by atoms with Crippen molar-refractivity contribution in [2.45, 2.75) is 6.04 Å². The van der Waals surface area contributed by atoms with E-state index in [1.165, 1.54) is 18.2 Å². The van der Waals surface area contributed by atoms with E-state index in [-0.39, 0.29) is 18.1 Å². The number of anilines is 1. The Labute approximate surface area is 146 Å². The molecule has 0 fully saturated rings. The summed E-state index contributed by atoms with van der Waals surface area (Å²) >= 11 is 0. The molecule has 0 aliphatic heterocycles. The lowest BCUT2D eigenvalue weighted by Gasteiger charge is -2.24. The number of hydrogen-bond donors (Lipinski definition) is 2. The van der Waals surface area contributed by atoms with Crippen LogP contribution in [0.2, 0.25) is 0 Å². The van der Waals surface area contributed by atoms with Crippen molar-refractivity contribution >= 4 is 11.6 Å². The van der Waals surface area contributed by atoms with Crippen LogP contribution in [0, 0.1) is 11.6 Å². The molecule has 0 bridgehead atoms. The van der Waals surface area contributed by atoms with Crippen LogP contribution in [0.3, 0.4) is 0 Å². The van der Waals surface area contributed by atoms with Gasteiger partial charge in [0.15, 0.2) is 5.96 Å². The second-order valence-corrected chi connectivity index (χ2v) is 5.70. The van der Waals surface area contributed by atoms with Gasteiger partial charge in [-0.2, -0.15) is 0 Å². The molecule has 0 aliphatic rings. The predicted molar refractivity (Wildman–Crippen MR) is 95.9 cm³/mol. The number of nitrogens with two attached hydrogens (primary N) is 1. The average Bonchev–Trinajstić information content (AvgIpc) is 2.57. The number of benzene rings is 2. The van der Waals surface area contributed by atoms with Crippen molar-refractivity contribution in [3.05, 3.63) is 59.7 Å². The van der Waals surface area contributed by atoms with E-state index in [1.54, 1.807) is 32.2 Å². The highest BCUT2D eigenvalue weighted by Crippen LogP contribution is 2.25. The highest BCUT2D eigenvalue weighted by atomic mass is 19.1. The Kier molecular flexibility index (Phi) is 6.30. The van der Waals surface area contributed by atoms with E-state index >= 15 is 0 Å². The van der Waals surface area contributed by atoms with E-state index in [2.05, 4.69) is 10.3 Å². The molecule has 5 nitrogen and oxygen atoms in total. The third-order valence-corrected chi connectivity index (χ3v) is 3.73. The number of aliphatic imine (C=N–C) groups is 1. The van der Waals surface area contributed by atoms with Crippen molar-refractivity contribution in [3.63, 3.8) is 0 Å². The average molecular weight is 348 g/mol. The molecule has 0 aromatic heterocycles. The minimum atomic E-state index is -0.603. The smallest absolute Gasteiger partial charge is 0.193 e. The molecule has 0 heterocycles. The first-order valence-electron chi connectivity index (χ1n) is 7.73. The van der Waals surface area contributed by atoms with Gasteiger partial charge in [-0.15, -0.1) is 0 Å². The van der Waals surface area contributed by atoms with E-state index < -0.39 is 17.7 Å². The molecule has 0 saturated carbocycles. The minimum Gasteiger partial charge on any atom is -0.497 e. The van der Waals surface area contributed by atoms with Crippen LogP contribution in [-0.2, 0) is 0 Å². The first-order valence-corrected chi connectivity index (χ1v) is 7.73. The number of rotatable bonds is 6. The maximum absolute atomic E-state index is 14.0. The van der Waals surface area contributed by atoms with Gasteiger partial charge in [-0.3, -0.25) is 4.99 Å².